The van der Waals surface area contributed by atoms with E-state index in [1.807, 2.05) is 0 Å². The van der Waals surface area contributed by atoms with Crippen LogP contribution in [0.3, 0.4) is 0 Å². The van der Waals surface area contributed by atoms with Crippen LogP contribution in [0.5, 0.6) is 0 Å². The number of amides is 1. The SMILES string of the molecule is Nc1nc(C(=O)N2CCOCC2)co1. The predicted octanol–water partition coefficient (Wildman–Crippen LogP) is -0.271. The monoisotopic (exact) mass is 197 g/mol. The van der Waals surface area contributed by atoms with Crippen LogP contribution < -0.4 is 5.73 Å². The largest absolute Gasteiger partial charge is 0.431 e. The molecule has 14 heavy (non-hydrogen) atoms. The van der Waals surface area contributed by atoms with Crippen molar-refractivity contribution >= 4 is 11.9 Å². The molecule has 6 heteroatoms. The lowest BCUT2D eigenvalue weighted by Crippen LogP contribution is -2.40. The number of ether oxygens (including phenoxy) is 1. The summed E-state index contributed by atoms with van der Waals surface area (Å²) in [5.41, 5.74) is 5.53. The number of nitrogens with two attached hydrogens (primary N) is 1. The summed E-state index contributed by atoms with van der Waals surface area (Å²) in [7, 11) is 0. The van der Waals surface area contributed by atoms with E-state index in [-0.39, 0.29) is 17.6 Å². The molecule has 76 valence electrons. The first-order valence-electron chi connectivity index (χ1n) is 4.35. The molecule has 2 N–H and O–H groups in total. The Hall–Kier alpha value is -1.56. The molecular weight excluding hydrogens is 186 g/mol. The number of oxazole rings is 1. The van der Waals surface area contributed by atoms with E-state index in [1.54, 1.807) is 4.90 Å². The minimum Gasteiger partial charge on any atom is -0.431 e. The summed E-state index contributed by atoms with van der Waals surface area (Å²) < 4.78 is 9.89. The smallest absolute Gasteiger partial charge is 0.292 e. The molecular formula is C8H11N3O3. The first kappa shape index (κ1) is 9.01. The van der Waals surface area contributed by atoms with Crippen molar-refractivity contribution < 1.29 is 13.9 Å². The van der Waals surface area contributed by atoms with E-state index >= 15 is 0 Å². The highest BCUT2D eigenvalue weighted by molar-refractivity contribution is 5.92. The van der Waals surface area contributed by atoms with Crippen LogP contribution in [0.15, 0.2) is 10.7 Å². The van der Waals surface area contributed by atoms with E-state index in [9.17, 15) is 4.79 Å². The Balaban J connectivity index is 2.07. The third kappa shape index (κ3) is 1.69. The van der Waals surface area contributed by atoms with Crippen LogP contribution >= 0.6 is 0 Å². The average Bonchev–Trinajstić information content (AvgIpc) is 2.65. The Morgan fingerprint density at radius 1 is 1.50 bits per heavy atom. The number of hydrogen-bond donors (Lipinski definition) is 1. The van der Waals surface area contributed by atoms with Gasteiger partial charge in [-0.15, -0.1) is 0 Å². The molecule has 1 fully saturated rings. The minimum absolute atomic E-state index is 0.0154. The number of hydrogen-bond acceptors (Lipinski definition) is 5. The molecule has 0 saturated carbocycles. The van der Waals surface area contributed by atoms with Gasteiger partial charge in [-0.05, 0) is 0 Å². The number of anilines is 1. The van der Waals surface area contributed by atoms with E-state index in [4.69, 9.17) is 14.9 Å². The maximum Gasteiger partial charge on any atom is 0.292 e. The first-order chi connectivity index (χ1) is 6.77. The van der Waals surface area contributed by atoms with Crippen LogP contribution in [0, 0.1) is 0 Å². The van der Waals surface area contributed by atoms with Gasteiger partial charge in [0, 0.05) is 13.1 Å². The summed E-state index contributed by atoms with van der Waals surface area (Å²) in [5, 5.41) is 0. The Kier molecular flexibility index (Phi) is 2.36. The van der Waals surface area contributed by atoms with Gasteiger partial charge in [0.2, 0.25) is 0 Å². The van der Waals surface area contributed by atoms with Gasteiger partial charge in [-0.2, -0.15) is 4.98 Å². The van der Waals surface area contributed by atoms with E-state index in [0.717, 1.165) is 0 Å². The topological polar surface area (TPSA) is 81.6 Å². The molecule has 0 atom stereocenters. The Morgan fingerprint density at radius 3 is 2.79 bits per heavy atom. The zero-order valence-electron chi connectivity index (χ0n) is 7.60. The van der Waals surface area contributed by atoms with Crippen molar-refractivity contribution in [2.75, 3.05) is 32.0 Å². The molecule has 6 nitrogen and oxygen atoms in total. The zero-order valence-corrected chi connectivity index (χ0v) is 7.60. The van der Waals surface area contributed by atoms with Gasteiger partial charge in [0.25, 0.3) is 11.9 Å². The normalized spacial score (nSPS) is 17.0. The summed E-state index contributed by atoms with van der Waals surface area (Å²) in [6.45, 7) is 2.31. The lowest BCUT2D eigenvalue weighted by atomic mass is 10.3. The van der Waals surface area contributed by atoms with Crippen LogP contribution in [0.4, 0.5) is 6.01 Å². The van der Waals surface area contributed by atoms with Crippen LogP contribution in [0.25, 0.3) is 0 Å². The van der Waals surface area contributed by atoms with Gasteiger partial charge in [-0.1, -0.05) is 0 Å². The Morgan fingerprint density at radius 2 is 2.21 bits per heavy atom. The molecule has 1 aromatic heterocycles. The molecule has 1 aromatic rings. The molecule has 2 rings (SSSR count). The van der Waals surface area contributed by atoms with Gasteiger partial charge < -0.3 is 19.8 Å². The summed E-state index contributed by atoms with van der Waals surface area (Å²) >= 11 is 0. The van der Waals surface area contributed by atoms with Crippen molar-refractivity contribution in [3.05, 3.63) is 12.0 Å². The van der Waals surface area contributed by atoms with Gasteiger partial charge in [-0.25, -0.2) is 0 Å². The van der Waals surface area contributed by atoms with E-state index in [1.165, 1.54) is 6.26 Å². The third-order valence-corrected chi connectivity index (χ3v) is 2.04. The molecule has 1 aliphatic heterocycles. The lowest BCUT2D eigenvalue weighted by molar-refractivity contribution is 0.0299. The highest BCUT2D eigenvalue weighted by Gasteiger charge is 2.20. The molecule has 0 bridgehead atoms. The summed E-state index contributed by atoms with van der Waals surface area (Å²) in [5.74, 6) is -0.159. The number of nitrogen functional groups attached to an aromatic ring is 1. The fourth-order valence-electron chi connectivity index (χ4n) is 1.31. The quantitative estimate of drug-likeness (QED) is 0.670. The van der Waals surface area contributed by atoms with Crippen LogP contribution in [-0.4, -0.2) is 42.1 Å². The Labute approximate surface area is 80.6 Å². The first-order valence-corrected chi connectivity index (χ1v) is 4.35. The van der Waals surface area contributed by atoms with Crippen LogP contribution in [-0.2, 0) is 4.74 Å². The van der Waals surface area contributed by atoms with Crippen molar-refractivity contribution in [1.29, 1.82) is 0 Å². The molecule has 0 aliphatic carbocycles. The highest BCUT2D eigenvalue weighted by atomic mass is 16.5. The summed E-state index contributed by atoms with van der Waals surface area (Å²) in [6.07, 6.45) is 1.27. The van der Waals surface area contributed by atoms with Crippen molar-refractivity contribution in [2.24, 2.45) is 0 Å². The van der Waals surface area contributed by atoms with E-state index in [2.05, 4.69) is 4.98 Å². The maximum atomic E-state index is 11.7. The van der Waals surface area contributed by atoms with E-state index in [0.29, 0.717) is 26.3 Å². The molecule has 2 heterocycles. The lowest BCUT2D eigenvalue weighted by Gasteiger charge is -2.25. The number of aromatic nitrogens is 1. The zero-order chi connectivity index (χ0) is 9.97. The van der Waals surface area contributed by atoms with Crippen LogP contribution in [0.2, 0.25) is 0 Å². The maximum absolute atomic E-state index is 11.7. The average molecular weight is 197 g/mol. The second-order valence-corrected chi connectivity index (χ2v) is 2.98. The van der Waals surface area contributed by atoms with Crippen molar-refractivity contribution in [3.8, 4) is 0 Å². The van der Waals surface area contributed by atoms with Gasteiger partial charge in [-0.3, -0.25) is 4.79 Å². The number of carbonyl (C=O) groups excluding carboxylic acids is 1. The molecule has 1 saturated heterocycles. The minimum atomic E-state index is -0.159. The number of morpholine rings is 1. The van der Waals surface area contributed by atoms with Crippen LogP contribution in [0.1, 0.15) is 10.5 Å². The van der Waals surface area contributed by atoms with Gasteiger partial charge >= 0.3 is 0 Å². The number of nitrogens with zero attached hydrogens (tertiary/aromatic N) is 2. The van der Waals surface area contributed by atoms with Gasteiger partial charge in [0.15, 0.2) is 5.69 Å². The predicted molar refractivity (Wildman–Crippen MR) is 47.6 cm³/mol. The standard InChI is InChI=1S/C8H11N3O3/c9-8-10-6(5-14-8)7(12)11-1-3-13-4-2-11/h5H,1-4H2,(H2,9,10). The summed E-state index contributed by atoms with van der Waals surface area (Å²) in [4.78, 5) is 17.1. The second kappa shape index (κ2) is 3.67. The fourth-order valence-corrected chi connectivity index (χ4v) is 1.31. The molecule has 1 amide bonds. The number of carbonyl (C=O) groups is 1. The molecule has 0 radical (unpaired) electrons. The molecule has 0 aromatic carbocycles. The number of rotatable bonds is 1. The van der Waals surface area contributed by atoms with Crippen molar-refractivity contribution in [2.45, 2.75) is 0 Å². The van der Waals surface area contributed by atoms with Gasteiger partial charge in [0.1, 0.15) is 6.26 Å². The Bertz CT molecular complexity index is 330. The van der Waals surface area contributed by atoms with Crippen molar-refractivity contribution in [3.63, 3.8) is 0 Å². The second-order valence-electron chi connectivity index (χ2n) is 2.98. The van der Waals surface area contributed by atoms with Crippen molar-refractivity contribution in [1.82, 2.24) is 9.88 Å². The fraction of sp³-hybridized carbons (Fsp3) is 0.500. The molecule has 1 aliphatic rings. The van der Waals surface area contributed by atoms with Gasteiger partial charge in [0.05, 0.1) is 13.2 Å². The third-order valence-electron chi connectivity index (χ3n) is 2.04. The molecule has 0 spiro atoms. The highest BCUT2D eigenvalue weighted by Crippen LogP contribution is 2.08. The summed E-state index contributed by atoms with van der Waals surface area (Å²) in [6, 6.07) is 0.0154. The molecule has 0 unspecified atom stereocenters. The van der Waals surface area contributed by atoms with E-state index < -0.39 is 0 Å².